The topological polar surface area (TPSA) is 54.0 Å². The third-order valence-electron chi connectivity index (χ3n) is 4.52. The van der Waals surface area contributed by atoms with Gasteiger partial charge in [-0.1, -0.05) is 48.5 Å². The summed E-state index contributed by atoms with van der Waals surface area (Å²) in [6.07, 6.45) is 3.70. The van der Waals surface area contributed by atoms with E-state index in [9.17, 15) is 4.79 Å². The fourth-order valence-corrected chi connectivity index (χ4v) is 3.07. The first-order valence-electron chi connectivity index (χ1n) is 9.46. The Morgan fingerprint density at radius 1 is 0.800 bits per heavy atom. The van der Waals surface area contributed by atoms with E-state index < -0.39 is 5.97 Å². The molecule has 0 N–H and O–H groups in total. The monoisotopic (exact) mass is 404 g/mol. The summed E-state index contributed by atoms with van der Waals surface area (Å²) >= 11 is 0. The maximum Gasteiger partial charge on any atom is 0.336 e. The number of benzene rings is 3. The highest BCUT2D eigenvalue weighted by Crippen LogP contribution is 2.38. The maximum atomic E-state index is 12.4. The molecule has 5 nitrogen and oxygen atoms in total. The van der Waals surface area contributed by atoms with Crippen molar-refractivity contribution in [2.24, 2.45) is 0 Å². The Labute approximate surface area is 176 Å². The van der Waals surface area contributed by atoms with E-state index in [0.29, 0.717) is 29.4 Å². The largest absolute Gasteiger partial charge is 0.493 e. The van der Waals surface area contributed by atoms with Crippen molar-refractivity contribution in [2.45, 2.75) is 6.42 Å². The molecule has 0 spiro atoms. The Balaban J connectivity index is 1.76. The minimum Gasteiger partial charge on any atom is -0.493 e. The third kappa shape index (κ3) is 5.20. The van der Waals surface area contributed by atoms with Gasteiger partial charge in [0, 0.05) is 12.5 Å². The van der Waals surface area contributed by atoms with Crippen LogP contribution in [0.15, 0.2) is 72.8 Å². The average Bonchev–Trinajstić information content (AvgIpc) is 2.78. The van der Waals surface area contributed by atoms with E-state index in [1.807, 2.05) is 48.5 Å². The van der Waals surface area contributed by atoms with Gasteiger partial charge >= 0.3 is 5.97 Å². The van der Waals surface area contributed by atoms with Crippen molar-refractivity contribution < 1.29 is 23.7 Å². The second-order valence-corrected chi connectivity index (χ2v) is 6.48. The van der Waals surface area contributed by atoms with Gasteiger partial charge in [0.2, 0.25) is 5.75 Å². The lowest BCUT2D eigenvalue weighted by Crippen LogP contribution is -2.06. The summed E-state index contributed by atoms with van der Waals surface area (Å²) in [5.41, 5.74) is 2.81. The van der Waals surface area contributed by atoms with Crippen LogP contribution < -0.4 is 18.9 Å². The van der Waals surface area contributed by atoms with E-state index >= 15 is 0 Å². The fraction of sp³-hybridized carbons (Fsp3) is 0.160. The second-order valence-electron chi connectivity index (χ2n) is 6.48. The Morgan fingerprint density at radius 3 is 2.07 bits per heavy atom. The molecule has 30 heavy (non-hydrogen) atoms. The molecule has 3 rings (SSSR count). The molecule has 0 saturated heterocycles. The summed E-state index contributed by atoms with van der Waals surface area (Å²) in [5, 5.41) is 0. The van der Waals surface area contributed by atoms with Crippen LogP contribution in [0.5, 0.6) is 23.0 Å². The predicted octanol–water partition coefficient (Wildman–Crippen LogP) is 4.92. The van der Waals surface area contributed by atoms with Crippen molar-refractivity contribution in [1.29, 1.82) is 0 Å². The van der Waals surface area contributed by atoms with Gasteiger partial charge < -0.3 is 18.9 Å². The molecule has 0 bridgehead atoms. The number of methoxy groups -OCH3 is 3. The molecule has 3 aromatic rings. The maximum absolute atomic E-state index is 12.4. The van der Waals surface area contributed by atoms with E-state index in [0.717, 1.165) is 16.7 Å². The predicted molar refractivity (Wildman–Crippen MR) is 116 cm³/mol. The molecule has 0 aliphatic heterocycles. The summed E-state index contributed by atoms with van der Waals surface area (Å²) in [4.78, 5) is 12.4. The van der Waals surface area contributed by atoms with Crippen LogP contribution in [-0.4, -0.2) is 27.3 Å². The quantitative estimate of drug-likeness (QED) is 0.303. The normalized spacial score (nSPS) is 10.6. The Hall–Kier alpha value is -3.73. The minimum atomic E-state index is -0.468. The van der Waals surface area contributed by atoms with Gasteiger partial charge in [-0.3, -0.25) is 0 Å². The lowest BCUT2D eigenvalue weighted by atomic mass is 10.0. The number of hydrogen-bond acceptors (Lipinski definition) is 5. The van der Waals surface area contributed by atoms with Gasteiger partial charge in [-0.25, -0.2) is 4.79 Å². The summed E-state index contributed by atoms with van der Waals surface area (Å²) in [6.45, 7) is 0. The van der Waals surface area contributed by atoms with E-state index in [4.69, 9.17) is 18.9 Å². The number of hydrogen-bond donors (Lipinski definition) is 0. The van der Waals surface area contributed by atoms with E-state index in [-0.39, 0.29) is 0 Å². The zero-order valence-electron chi connectivity index (χ0n) is 17.3. The number of rotatable bonds is 8. The van der Waals surface area contributed by atoms with Gasteiger partial charge in [-0.15, -0.1) is 0 Å². The summed E-state index contributed by atoms with van der Waals surface area (Å²) in [7, 11) is 4.63. The summed E-state index contributed by atoms with van der Waals surface area (Å²) in [6, 6.07) is 21.1. The second kappa shape index (κ2) is 10.2. The Kier molecular flexibility index (Phi) is 7.11. The number of ether oxygens (including phenoxy) is 4. The first-order chi connectivity index (χ1) is 14.6. The Bertz CT molecular complexity index is 1000. The number of carbonyl (C=O) groups is 1. The third-order valence-corrected chi connectivity index (χ3v) is 4.52. The highest BCUT2D eigenvalue weighted by molar-refractivity contribution is 5.89. The van der Waals surface area contributed by atoms with Crippen molar-refractivity contribution in [2.75, 3.05) is 21.3 Å². The smallest absolute Gasteiger partial charge is 0.336 e. The minimum absolute atomic E-state index is 0.468. The lowest BCUT2D eigenvalue weighted by molar-refractivity contribution is -0.128. The van der Waals surface area contributed by atoms with Gasteiger partial charge in [0.05, 0.1) is 21.3 Å². The molecule has 0 heterocycles. The highest BCUT2D eigenvalue weighted by atomic mass is 16.5. The van der Waals surface area contributed by atoms with Crippen molar-refractivity contribution >= 4 is 12.0 Å². The zero-order chi connectivity index (χ0) is 21.3. The molecule has 0 aliphatic rings. The van der Waals surface area contributed by atoms with Gasteiger partial charge in [0.1, 0.15) is 5.75 Å². The van der Waals surface area contributed by atoms with Crippen LogP contribution in [-0.2, 0) is 11.2 Å². The first kappa shape index (κ1) is 21.0. The average molecular weight is 404 g/mol. The van der Waals surface area contributed by atoms with Crippen molar-refractivity contribution in [3.63, 3.8) is 0 Å². The van der Waals surface area contributed by atoms with Crippen molar-refractivity contribution in [1.82, 2.24) is 0 Å². The standard InChI is InChI=1S/C25H24O5/c1-27-22-16-19(17-23(28-2)25(22)29-3)13-14-24(26)30-21-12-8-7-11-20(21)15-18-9-5-4-6-10-18/h4-14,16-17H,15H2,1-3H3. The van der Waals surface area contributed by atoms with Gasteiger partial charge in [0.15, 0.2) is 11.5 Å². The number of para-hydroxylation sites is 1. The SMILES string of the molecule is COc1cc(C=CC(=O)Oc2ccccc2Cc2ccccc2)cc(OC)c1OC. The molecule has 0 aliphatic carbocycles. The molecule has 0 saturated carbocycles. The van der Waals surface area contributed by atoms with Gasteiger partial charge in [0.25, 0.3) is 0 Å². The molecular weight excluding hydrogens is 380 g/mol. The van der Waals surface area contributed by atoms with Crippen molar-refractivity contribution in [3.05, 3.63) is 89.5 Å². The fourth-order valence-electron chi connectivity index (χ4n) is 3.07. The molecule has 0 fully saturated rings. The van der Waals surface area contributed by atoms with Crippen LogP contribution in [0.1, 0.15) is 16.7 Å². The molecule has 0 unspecified atom stereocenters. The molecule has 0 atom stereocenters. The summed E-state index contributed by atoms with van der Waals surface area (Å²) < 4.78 is 21.6. The molecule has 5 heteroatoms. The van der Waals surface area contributed by atoms with Gasteiger partial charge in [-0.2, -0.15) is 0 Å². The van der Waals surface area contributed by atoms with Crippen molar-refractivity contribution in [3.8, 4) is 23.0 Å². The molecule has 0 aromatic heterocycles. The van der Waals surface area contributed by atoms with Crippen LogP contribution in [0.25, 0.3) is 6.08 Å². The molecule has 154 valence electrons. The molecule has 0 amide bonds. The van der Waals surface area contributed by atoms with Crippen LogP contribution >= 0.6 is 0 Å². The first-order valence-corrected chi connectivity index (χ1v) is 9.46. The van der Waals surface area contributed by atoms with Crippen LogP contribution in [0.3, 0.4) is 0 Å². The van der Waals surface area contributed by atoms with Crippen LogP contribution in [0.4, 0.5) is 0 Å². The van der Waals surface area contributed by atoms with Gasteiger partial charge in [-0.05, 0) is 41.0 Å². The number of carbonyl (C=O) groups excluding carboxylic acids is 1. The Morgan fingerprint density at radius 2 is 1.43 bits per heavy atom. The van der Waals surface area contributed by atoms with E-state index in [2.05, 4.69) is 0 Å². The highest BCUT2D eigenvalue weighted by Gasteiger charge is 2.13. The zero-order valence-corrected chi connectivity index (χ0v) is 17.3. The summed E-state index contributed by atoms with van der Waals surface area (Å²) in [5.74, 6) is 1.59. The molecule has 3 aromatic carbocycles. The molecular formula is C25H24O5. The van der Waals surface area contributed by atoms with E-state index in [1.54, 1.807) is 45.6 Å². The molecule has 0 radical (unpaired) electrons. The van der Waals surface area contributed by atoms with Crippen LogP contribution in [0.2, 0.25) is 0 Å². The lowest BCUT2D eigenvalue weighted by Gasteiger charge is -2.12. The van der Waals surface area contributed by atoms with Crippen LogP contribution in [0, 0.1) is 0 Å². The van der Waals surface area contributed by atoms with E-state index in [1.165, 1.54) is 6.08 Å². The number of esters is 1.